The maximum Gasteiger partial charge on any atom is 0.254 e. The molecule has 0 aliphatic carbocycles. The summed E-state index contributed by atoms with van der Waals surface area (Å²) in [6.45, 7) is 3.49. The van der Waals surface area contributed by atoms with Gasteiger partial charge in [-0.2, -0.15) is 0 Å². The van der Waals surface area contributed by atoms with Gasteiger partial charge in [-0.05, 0) is 48.1 Å². The van der Waals surface area contributed by atoms with Crippen LogP contribution in [0.25, 0.3) is 0 Å². The summed E-state index contributed by atoms with van der Waals surface area (Å²) in [5.41, 5.74) is 4.15. The zero-order valence-corrected chi connectivity index (χ0v) is 12.8. The average molecular weight is 297 g/mol. The number of amides is 1. The first kappa shape index (κ1) is 14.8. The van der Waals surface area contributed by atoms with E-state index in [0.717, 1.165) is 41.5 Å². The molecular formula is C19H20FNO. The minimum Gasteiger partial charge on any atom is -0.334 e. The fraction of sp³-hybridized carbons (Fsp3) is 0.316. The number of carbonyl (C=O) groups excluding carboxylic acids is 1. The standard InChI is InChI=1S/C19H20FNO/c1-2-15-8-4-9-16-13-21(19(22)18(15)16)11-5-7-14-6-3-10-17(20)12-14/h3-4,6,8-10,12H,2,5,7,11,13H2,1H3. The molecule has 0 spiro atoms. The molecule has 0 atom stereocenters. The zero-order chi connectivity index (χ0) is 15.5. The maximum atomic E-state index is 13.2. The van der Waals surface area contributed by atoms with E-state index in [-0.39, 0.29) is 11.7 Å². The average Bonchev–Trinajstić information content (AvgIpc) is 2.84. The summed E-state index contributed by atoms with van der Waals surface area (Å²) in [5.74, 6) is -0.0542. The molecule has 0 bridgehead atoms. The smallest absolute Gasteiger partial charge is 0.254 e. The van der Waals surface area contributed by atoms with E-state index in [1.807, 2.05) is 29.2 Å². The molecular weight excluding hydrogens is 277 g/mol. The lowest BCUT2D eigenvalue weighted by Crippen LogP contribution is -2.25. The summed E-state index contributed by atoms with van der Waals surface area (Å²) in [6.07, 6.45) is 2.52. The van der Waals surface area contributed by atoms with E-state index in [0.29, 0.717) is 13.1 Å². The van der Waals surface area contributed by atoms with Crippen molar-refractivity contribution in [2.24, 2.45) is 0 Å². The molecule has 0 N–H and O–H groups in total. The summed E-state index contributed by atoms with van der Waals surface area (Å²) in [4.78, 5) is 14.4. The second-order valence-corrected chi connectivity index (χ2v) is 5.76. The van der Waals surface area contributed by atoms with Crippen molar-refractivity contribution in [1.29, 1.82) is 0 Å². The van der Waals surface area contributed by atoms with Crippen LogP contribution < -0.4 is 0 Å². The SMILES string of the molecule is CCc1cccc2c1C(=O)N(CCCc1cccc(F)c1)C2. The third kappa shape index (κ3) is 2.89. The Hall–Kier alpha value is -2.16. The van der Waals surface area contributed by atoms with Gasteiger partial charge in [0.2, 0.25) is 0 Å². The lowest BCUT2D eigenvalue weighted by Gasteiger charge is -2.15. The van der Waals surface area contributed by atoms with Crippen LogP contribution in [-0.4, -0.2) is 17.4 Å². The van der Waals surface area contributed by atoms with Crippen LogP contribution in [0, 0.1) is 5.82 Å². The minimum absolute atomic E-state index is 0.145. The minimum atomic E-state index is -0.199. The Morgan fingerprint density at radius 2 is 2.00 bits per heavy atom. The first-order chi connectivity index (χ1) is 10.7. The molecule has 2 aromatic carbocycles. The quantitative estimate of drug-likeness (QED) is 0.817. The van der Waals surface area contributed by atoms with E-state index < -0.39 is 0 Å². The largest absolute Gasteiger partial charge is 0.334 e. The van der Waals surface area contributed by atoms with Crippen LogP contribution in [0.3, 0.4) is 0 Å². The highest BCUT2D eigenvalue weighted by molar-refractivity contribution is 5.99. The Kier molecular flexibility index (Phi) is 4.23. The summed E-state index contributed by atoms with van der Waals surface area (Å²) in [6, 6.07) is 12.8. The van der Waals surface area contributed by atoms with Crippen LogP contribution in [0.15, 0.2) is 42.5 Å². The van der Waals surface area contributed by atoms with Gasteiger partial charge in [-0.1, -0.05) is 37.3 Å². The number of hydrogen-bond acceptors (Lipinski definition) is 1. The second-order valence-electron chi connectivity index (χ2n) is 5.76. The lowest BCUT2D eigenvalue weighted by molar-refractivity contribution is 0.0776. The van der Waals surface area contributed by atoms with Gasteiger partial charge in [-0.15, -0.1) is 0 Å². The Bertz CT molecular complexity index is 696. The van der Waals surface area contributed by atoms with E-state index in [4.69, 9.17) is 0 Å². The van der Waals surface area contributed by atoms with Crippen molar-refractivity contribution >= 4 is 5.91 Å². The summed E-state index contributed by atoms with van der Waals surface area (Å²) in [7, 11) is 0. The van der Waals surface area contributed by atoms with Gasteiger partial charge in [-0.3, -0.25) is 4.79 Å². The fourth-order valence-corrected chi connectivity index (χ4v) is 3.14. The molecule has 1 aliphatic rings. The molecule has 3 rings (SSSR count). The Labute approximate surface area is 130 Å². The Balaban J connectivity index is 1.62. The van der Waals surface area contributed by atoms with E-state index in [9.17, 15) is 9.18 Å². The van der Waals surface area contributed by atoms with E-state index in [1.165, 1.54) is 6.07 Å². The van der Waals surface area contributed by atoms with Crippen molar-refractivity contribution in [3.05, 3.63) is 70.5 Å². The highest BCUT2D eigenvalue weighted by Crippen LogP contribution is 2.26. The highest BCUT2D eigenvalue weighted by Gasteiger charge is 2.28. The van der Waals surface area contributed by atoms with Crippen LogP contribution in [-0.2, 0) is 19.4 Å². The second kappa shape index (κ2) is 6.30. The summed E-state index contributed by atoms with van der Waals surface area (Å²) < 4.78 is 13.2. The molecule has 0 fully saturated rings. The number of carbonyl (C=O) groups is 1. The molecule has 0 unspecified atom stereocenters. The van der Waals surface area contributed by atoms with Crippen LogP contribution in [0.5, 0.6) is 0 Å². The molecule has 1 heterocycles. The predicted molar refractivity (Wildman–Crippen MR) is 85.3 cm³/mol. The van der Waals surface area contributed by atoms with Gasteiger partial charge in [0.25, 0.3) is 5.91 Å². The van der Waals surface area contributed by atoms with Crippen LogP contribution >= 0.6 is 0 Å². The Morgan fingerprint density at radius 1 is 1.18 bits per heavy atom. The number of halogens is 1. The van der Waals surface area contributed by atoms with Crippen molar-refractivity contribution in [1.82, 2.24) is 4.90 Å². The van der Waals surface area contributed by atoms with Gasteiger partial charge in [0.1, 0.15) is 5.82 Å². The van der Waals surface area contributed by atoms with Gasteiger partial charge in [0.05, 0.1) is 0 Å². The number of benzene rings is 2. The fourth-order valence-electron chi connectivity index (χ4n) is 3.14. The highest BCUT2D eigenvalue weighted by atomic mass is 19.1. The van der Waals surface area contributed by atoms with E-state index >= 15 is 0 Å². The molecule has 3 heteroatoms. The van der Waals surface area contributed by atoms with E-state index in [1.54, 1.807) is 12.1 Å². The molecule has 2 aromatic rings. The van der Waals surface area contributed by atoms with Gasteiger partial charge >= 0.3 is 0 Å². The number of nitrogens with zero attached hydrogens (tertiary/aromatic N) is 1. The number of hydrogen-bond donors (Lipinski definition) is 0. The summed E-state index contributed by atoms with van der Waals surface area (Å²) in [5, 5.41) is 0. The zero-order valence-electron chi connectivity index (χ0n) is 12.8. The van der Waals surface area contributed by atoms with Crippen LogP contribution in [0.4, 0.5) is 4.39 Å². The normalized spacial score (nSPS) is 13.5. The number of fused-ring (bicyclic) bond motifs is 1. The van der Waals surface area contributed by atoms with Crippen LogP contribution in [0.2, 0.25) is 0 Å². The third-order valence-electron chi connectivity index (χ3n) is 4.26. The molecule has 1 aliphatic heterocycles. The molecule has 0 aromatic heterocycles. The predicted octanol–water partition coefficient (Wildman–Crippen LogP) is 3.98. The molecule has 0 saturated carbocycles. The van der Waals surface area contributed by atoms with E-state index in [2.05, 4.69) is 6.92 Å². The van der Waals surface area contributed by atoms with Crippen molar-refractivity contribution in [2.45, 2.75) is 32.7 Å². The molecule has 2 nitrogen and oxygen atoms in total. The van der Waals surface area contributed by atoms with Gasteiger partial charge in [0, 0.05) is 18.7 Å². The topological polar surface area (TPSA) is 20.3 Å². The van der Waals surface area contributed by atoms with Crippen molar-refractivity contribution in [3.63, 3.8) is 0 Å². The maximum absolute atomic E-state index is 13.2. The molecule has 114 valence electrons. The Morgan fingerprint density at radius 3 is 2.77 bits per heavy atom. The first-order valence-corrected chi connectivity index (χ1v) is 7.83. The van der Waals surface area contributed by atoms with Gasteiger partial charge in [-0.25, -0.2) is 4.39 Å². The van der Waals surface area contributed by atoms with Crippen molar-refractivity contribution in [2.75, 3.05) is 6.54 Å². The van der Waals surface area contributed by atoms with Crippen molar-refractivity contribution < 1.29 is 9.18 Å². The molecule has 0 radical (unpaired) electrons. The third-order valence-corrected chi connectivity index (χ3v) is 4.26. The molecule has 1 amide bonds. The van der Waals surface area contributed by atoms with Gasteiger partial charge in [0.15, 0.2) is 0 Å². The molecule has 0 saturated heterocycles. The van der Waals surface area contributed by atoms with Crippen molar-refractivity contribution in [3.8, 4) is 0 Å². The number of rotatable bonds is 5. The lowest BCUT2D eigenvalue weighted by atomic mass is 10.0. The van der Waals surface area contributed by atoms with Gasteiger partial charge < -0.3 is 4.90 Å². The number of aryl methyl sites for hydroxylation is 2. The monoisotopic (exact) mass is 297 g/mol. The summed E-state index contributed by atoms with van der Waals surface area (Å²) >= 11 is 0. The van der Waals surface area contributed by atoms with Crippen LogP contribution in [0.1, 0.15) is 40.4 Å². The molecule has 22 heavy (non-hydrogen) atoms. The first-order valence-electron chi connectivity index (χ1n) is 7.83.